The van der Waals surface area contributed by atoms with Gasteiger partial charge in [-0.1, -0.05) is 11.6 Å². The average molecular weight is 489 g/mol. The Morgan fingerprint density at radius 3 is 2.79 bits per heavy atom. The second kappa shape index (κ2) is 7.69. The summed E-state index contributed by atoms with van der Waals surface area (Å²) in [7, 11) is 1.60. The molecule has 3 aliphatic rings. The minimum atomic E-state index is -3.09. The maximum Gasteiger partial charge on any atom is 0.301 e. The van der Waals surface area contributed by atoms with E-state index in [0.29, 0.717) is 39.1 Å². The molecule has 0 amide bonds. The van der Waals surface area contributed by atoms with Crippen molar-refractivity contribution >= 4 is 45.6 Å². The van der Waals surface area contributed by atoms with Crippen molar-refractivity contribution in [2.45, 2.75) is 31.2 Å². The number of aryl methyl sites for hydroxylation is 1. The van der Waals surface area contributed by atoms with Crippen molar-refractivity contribution in [3.8, 4) is 5.75 Å². The molecule has 1 saturated heterocycles. The maximum atomic E-state index is 14.8. The third-order valence-electron chi connectivity index (χ3n) is 6.74. The first kappa shape index (κ1) is 21.4. The Hall–Kier alpha value is -3.14. The van der Waals surface area contributed by atoms with Crippen LogP contribution >= 0.6 is 11.6 Å². The number of nitrogens with one attached hydrogen (secondary N) is 2. The summed E-state index contributed by atoms with van der Waals surface area (Å²) >= 11 is 6.34. The number of fused-ring (bicyclic) bond motifs is 3. The lowest BCUT2D eigenvalue weighted by Crippen LogP contribution is -2.44. The van der Waals surface area contributed by atoms with Gasteiger partial charge in [0.25, 0.3) is 5.56 Å². The Balaban J connectivity index is 1.43. The van der Waals surface area contributed by atoms with Gasteiger partial charge in [0.1, 0.15) is 5.02 Å². The maximum absolute atomic E-state index is 14.8. The number of ether oxygens (including phenoxy) is 1. The molecule has 2 aliphatic heterocycles. The van der Waals surface area contributed by atoms with Crippen LogP contribution in [-0.4, -0.2) is 46.2 Å². The zero-order valence-electron chi connectivity index (χ0n) is 18.4. The topological polar surface area (TPSA) is 84.3 Å². The van der Waals surface area contributed by atoms with Gasteiger partial charge >= 0.3 is 5.92 Å². The Labute approximate surface area is 198 Å². The number of halogens is 3. The van der Waals surface area contributed by atoms with E-state index in [1.807, 2.05) is 0 Å². The number of hydrogen-bond acceptors (Lipinski definition) is 7. The first-order valence-electron chi connectivity index (χ1n) is 11.3. The summed E-state index contributed by atoms with van der Waals surface area (Å²) in [6, 6.07) is 4.26. The molecule has 1 atom stereocenters. The fourth-order valence-corrected chi connectivity index (χ4v) is 4.68. The van der Waals surface area contributed by atoms with Gasteiger partial charge in [0.2, 0.25) is 11.7 Å². The van der Waals surface area contributed by atoms with Crippen molar-refractivity contribution in [2.24, 2.45) is 13.0 Å². The van der Waals surface area contributed by atoms with Gasteiger partial charge < -0.3 is 24.8 Å². The number of hydrogen-bond donors (Lipinski definition) is 2. The van der Waals surface area contributed by atoms with Crippen LogP contribution in [0.15, 0.2) is 29.2 Å². The highest BCUT2D eigenvalue weighted by molar-refractivity contribution is 6.32. The fourth-order valence-electron chi connectivity index (χ4n) is 4.54. The molecule has 1 aliphatic carbocycles. The van der Waals surface area contributed by atoms with Crippen LogP contribution in [0, 0.1) is 5.92 Å². The summed E-state index contributed by atoms with van der Waals surface area (Å²) in [5.41, 5.74) is 1.08. The fraction of sp³-hybridized carbons (Fsp3) is 0.435. The Morgan fingerprint density at radius 1 is 1.29 bits per heavy atom. The lowest BCUT2D eigenvalue weighted by molar-refractivity contribution is -0.0579. The van der Waals surface area contributed by atoms with E-state index in [-0.39, 0.29) is 11.7 Å². The number of alkyl halides is 2. The molecule has 8 nitrogen and oxygen atoms in total. The van der Waals surface area contributed by atoms with Crippen molar-refractivity contribution in [1.82, 2.24) is 14.5 Å². The van der Waals surface area contributed by atoms with Crippen molar-refractivity contribution in [2.75, 3.05) is 35.2 Å². The molecule has 2 aromatic heterocycles. The van der Waals surface area contributed by atoms with Crippen LogP contribution in [-0.2, 0) is 7.05 Å². The molecule has 34 heavy (non-hydrogen) atoms. The first-order valence-corrected chi connectivity index (χ1v) is 11.7. The summed E-state index contributed by atoms with van der Waals surface area (Å²) in [5.74, 6) is -2.28. The number of nitrogens with zero attached hydrogens (tertiary/aromatic N) is 4. The number of benzene rings is 1. The standard InChI is InChI=1S/C23H23ClF2N6O2/c1-31-16-6-5-13(28-20-15(24)10-27-22(30-20)32-7-2-8-32)9-14(16)17-18(21(31)33)34-11-23(25,26)19(29-17)12-3-4-12/h5-6,9-10,12,19,29H,2-4,7-8,11H2,1H3,(H,27,28,30). The number of rotatable bonds is 4. The van der Waals surface area contributed by atoms with Crippen molar-refractivity contribution in [1.29, 1.82) is 0 Å². The molecule has 3 aromatic rings. The van der Waals surface area contributed by atoms with Crippen LogP contribution in [0.1, 0.15) is 19.3 Å². The lowest BCUT2D eigenvalue weighted by Gasteiger charge is -2.31. The monoisotopic (exact) mass is 488 g/mol. The van der Waals surface area contributed by atoms with Crippen LogP contribution in [0.25, 0.3) is 10.9 Å². The summed E-state index contributed by atoms with van der Waals surface area (Å²) < 4.78 is 36.5. The second-order valence-electron chi connectivity index (χ2n) is 9.14. The van der Waals surface area contributed by atoms with Crippen molar-refractivity contribution in [3.05, 3.63) is 39.8 Å². The molecule has 1 aromatic carbocycles. The molecular weight excluding hydrogens is 466 g/mol. The van der Waals surface area contributed by atoms with E-state index < -0.39 is 24.1 Å². The normalized spacial score (nSPS) is 21.2. The van der Waals surface area contributed by atoms with E-state index in [0.717, 1.165) is 32.4 Å². The molecule has 1 saturated carbocycles. The highest BCUT2D eigenvalue weighted by atomic mass is 35.5. The largest absolute Gasteiger partial charge is 0.480 e. The number of anilines is 4. The van der Waals surface area contributed by atoms with Gasteiger partial charge in [-0.05, 0) is 43.4 Å². The lowest BCUT2D eigenvalue weighted by atomic mass is 10.0. The predicted octanol–water partition coefficient (Wildman–Crippen LogP) is 4.15. The summed E-state index contributed by atoms with van der Waals surface area (Å²) in [6.07, 6.45) is 4.10. The van der Waals surface area contributed by atoms with Crippen molar-refractivity contribution < 1.29 is 13.5 Å². The zero-order chi connectivity index (χ0) is 23.6. The molecule has 6 rings (SSSR count). The van der Waals surface area contributed by atoms with Crippen LogP contribution in [0.4, 0.5) is 31.9 Å². The second-order valence-corrected chi connectivity index (χ2v) is 9.55. The highest BCUT2D eigenvalue weighted by Gasteiger charge is 2.51. The van der Waals surface area contributed by atoms with Gasteiger partial charge in [-0.15, -0.1) is 0 Å². The van der Waals surface area contributed by atoms with Gasteiger partial charge in [0, 0.05) is 31.2 Å². The SMILES string of the molecule is Cn1c(=O)c2c(c3cc(Nc4nc(N5CCC5)ncc4Cl)ccc31)NC(C1CC1)C(F)(F)CO2. The van der Waals surface area contributed by atoms with Gasteiger partial charge in [-0.2, -0.15) is 4.98 Å². The van der Waals surface area contributed by atoms with Crippen LogP contribution in [0.2, 0.25) is 5.02 Å². The van der Waals surface area contributed by atoms with Gasteiger partial charge in [0.15, 0.2) is 12.4 Å². The molecule has 2 N–H and O–H groups in total. The van der Waals surface area contributed by atoms with Crippen LogP contribution < -0.4 is 25.8 Å². The van der Waals surface area contributed by atoms with E-state index in [1.165, 1.54) is 4.57 Å². The predicted molar refractivity (Wildman–Crippen MR) is 127 cm³/mol. The van der Waals surface area contributed by atoms with Crippen LogP contribution in [0.5, 0.6) is 5.75 Å². The minimum Gasteiger partial charge on any atom is -0.480 e. The number of pyridine rings is 1. The van der Waals surface area contributed by atoms with Gasteiger partial charge in [-0.25, -0.2) is 13.8 Å². The van der Waals surface area contributed by atoms with E-state index in [2.05, 4.69) is 25.5 Å². The zero-order valence-corrected chi connectivity index (χ0v) is 19.2. The highest BCUT2D eigenvalue weighted by Crippen LogP contribution is 2.45. The van der Waals surface area contributed by atoms with E-state index in [1.54, 1.807) is 31.4 Å². The summed E-state index contributed by atoms with van der Waals surface area (Å²) in [5, 5.41) is 7.16. The molecule has 4 heterocycles. The molecule has 2 fully saturated rings. The van der Waals surface area contributed by atoms with Gasteiger partial charge in [0.05, 0.1) is 23.4 Å². The molecule has 0 radical (unpaired) electrons. The van der Waals surface area contributed by atoms with E-state index in [9.17, 15) is 13.6 Å². The Kier molecular flexibility index (Phi) is 4.84. The third-order valence-corrected chi connectivity index (χ3v) is 7.02. The smallest absolute Gasteiger partial charge is 0.301 e. The van der Waals surface area contributed by atoms with Crippen molar-refractivity contribution in [3.63, 3.8) is 0 Å². The van der Waals surface area contributed by atoms with Gasteiger partial charge in [-0.3, -0.25) is 4.79 Å². The third kappa shape index (κ3) is 3.51. The van der Waals surface area contributed by atoms with Crippen LogP contribution in [0.3, 0.4) is 0 Å². The molecule has 0 bridgehead atoms. The van der Waals surface area contributed by atoms with E-state index in [4.69, 9.17) is 16.3 Å². The molecular formula is C23H23ClF2N6O2. The Bertz CT molecular complexity index is 1360. The quantitative estimate of drug-likeness (QED) is 0.570. The summed E-state index contributed by atoms with van der Waals surface area (Å²) in [6.45, 7) is 0.966. The average Bonchev–Trinajstić information content (AvgIpc) is 3.60. The van der Waals surface area contributed by atoms with E-state index >= 15 is 0 Å². The number of aromatic nitrogens is 3. The molecule has 0 spiro atoms. The first-order chi connectivity index (χ1) is 16.3. The molecule has 1 unspecified atom stereocenters. The molecule has 178 valence electrons. The minimum absolute atomic E-state index is 0.0879. The molecule has 11 heteroatoms. The summed E-state index contributed by atoms with van der Waals surface area (Å²) in [4.78, 5) is 23.8. The Morgan fingerprint density at radius 2 is 2.09 bits per heavy atom.